The normalized spacial score (nSPS) is 21.4. The fourth-order valence-electron chi connectivity index (χ4n) is 3.91. The third kappa shape index (κ3) is 5.19. The summed E-state index contributed by atoms with van der Waals surface area (Å²) in [7, 11) is 3.45. The lowest BCUT2D eigenvalue weighted by Crippen LogP contribution is -2.47. The zero-order valence-corrected chi connectivity index (χ0v) is 17.0. The minimum absolute atomic E-state index is 0.309. The number of fused-ring (bicyclic) bond motifs is 1. The molecule has 8 heteroatoms. The maximum atomic E-state index is 5.30. The quantitative estimate of drug-likeness (QED) is 0.500. The van der Waals surface area contributed by atoms with Gasteiger partial charge < -0.3 is 20.1 Å². The Balaban J connectivity index is 1.59. The molecule has 0 aromatic carbocycles. The van der Waals surface area contributed by atoms with Crippen molar-refractivity contribution in [3.63, 3.8) is 0 Å². The van der Waals surface area contributed by atoms with Gasteiger partial charge in [0.15, 0.2) is 11.8 Å². The van der Waals surface area contributed by atoms with E-state index in [-0.39, 0.29) is 0 Å². The van der Waals surface area contributed by atoms with Crippen LogP contribution in [0.25, 0.3) is 0 Å². The highest BCUT2D eigenvalue weighted by atomic mass is 16.5. The van der Waals surface area contributed by atoms with Crippen LogP contribution in [0.5, 0.6) is 0 Å². The Morgan fingerprint density at radius 3 is 2.85 bits per heavy atom. The highest BCUT2D eigenvalue weighted by Crippen LogP contribution is 2.44. The van der Waals surface area contributed by atoms with Crippen LogP contribution in [0.15, 0.2) is 4.99 Å². The first-order valence-electron chi connectivity index (χ1n) is 10.1. The minimum atomic E-state index is 0.309. The van der Waals surface area contributed by atoms with E-state index in [1.54, 1.807) is 14.2 Å². The molecule has 1 aliphatic heterocycles. The second-order valence-electron chi connectivity index (χ2n) is 7.73. The van der Waals surface area contributed by atoms with Crippen molar-refractivity contribution >= 4 is 5.96 Å². The van der Waals surface area contributed by atoms with E-state index in [9.17, 15) is 0 Å². The number of nitrogens with zero attached hydrogens (tertiary/aromatic N) is 4. The van der Waals surface area contributed by atoms with Crippen LogP contribution in [0, 0.1) is 5.41 Å². The van der Waals surface area contributed by atoms with Crippen molar-refractivity contribution in [3.8, 4) is 0 Å². The Kier molecular flexibility index (Phi) is 7.07. The molecule has 2 aliphatic rings. The van der Waals surface area contributed by atoms with Crippen LogP contribution in [-0.2, 0) is 29.0 Å². The monoisotopic (exact) mass is 378 g/mol. The number of methoxy groups -OCH3 is 2. The largest absolute Gasteiger partial charge is 0.385 e. The summed E-state index contributed by atoms with van der Waals surface area (Å²) in [6.07, 6.45) is 6.88. The van der Waals surface area contributed by atoms with Gasteiger partial charge in [-0.25, -0.2) is 9.67 Å². The van der Waals surface area contributed by atoms with E-state index in [0.717, 1.165) is 63.1 Å². The molecule has 8 nitrogen and oxygen atoms in total. The van der Waals surface area contributed by atoms with Crippen LogP contribution in [0.1, 0.15) is 50.7 Å². The molecule has 1 aliphatic carbocycles. The summed E-state index contributed by atoms with van der Waals surface area (Å²) >= 11 is 0. The molecule has 1 fully saturated rings. The zero-order valence-electron chi connectivity index (χ0n) is 17.0. The van der Waals surface area contributed by atoms with Crippen molar-refractivity contribution in [3.05, 3.63) is 11.6 Å². The van der Waals surface area contributed by atoms with Crippen LogP contribution in [0.4, 0.5) is 0 Å². The Hall–Kier alpha value is -1.67. The number of hydrogen-bond acceptors (Lipinski definition) is 5. The van der Waals surface area contributed by atoms with Gasteiger partial charge in [0, 0.05) is 46.4 Å². The van der Waals surface area contributed by atoms with E-state index in [2.05, 4.69) is 27.6 Å². The van der Waals surface area contributed by atoms with E-state index in [1.807, 2.05) is 4.68 Å². The van der Waals surface area contributed by atoms with Gasteiger partial charge in [0.25, 0.3) is 0 Å². The summed E-state index contributed by atoms with van der Waals surface area (Å²) in [6.45, 7) is 5.92. The van der Waals surface area contributed by atoms with Crippen LogP contribution in [0.2, 0.25) is 0 Å². The van der Waals surface area contributed by atoms with Crippen molar-refractivity contribution in [1.29, 1.82) is 0 Å². The Bertz CT molecular complexity index is 626. The minimum Gasteiger partial charge on any atom is -0.385 e. The molecular weight excluding hydrogens is 344 g/mol. The van der Waals surface area contributed by atoms with Crippen LogP contribution in [0.3, 0.4) is 0 Å². The van der Waals surface area contributed by atoms with Crippen LogP contribution >= 0.6 is 0 Å². The summed E-state index contributed by atoms with van der Waals surface area (Å²) in [5.74, 6) is 2.72. The second-order valence-corrected chi connectivity index (χ2v) is 7.73. The number of nitrogens with one attached hydrogen (secondary N) is 2. The van der Waals surface area contributed by atoms with Crippen molar-refractivity contribution in [2.75, 3.05) is 33.9 Å². The number of aromatic nitrogens is 3. The molecule has 1 atom stereocenters. The van der Waals surface area contributed by atoms with Crippen molar-refractivity contribution in [1.82, 2.24) is 25.4 Å². The van der Waals surface area contributed by atoms with Gasteiger partial charge in [0.1, 0.15) is 12.4 Å². The van der Waals surface area contributed by atoms with Gasteiger partial charge in [0.05, 0.1) is 6.54 Å². The molecular formula is C19H34N6O2. The topological polar surface area (TPSA) is 85.6 Å². The Morgan fingerprint density at radius 2 is 2.19 bits per heavy atom. The number of rotatable bonds is 9. The first-order valence-corrected chi connectivity index (χ1v) is 10.1. The fourth-order valence-corrected chi connectivity index (χ4v) is 3.91. The molecule has 0 radical (unpaired) electrons. The highest BCUT2D eigenvalue weighted by molar-refractivity contribution is 5.80. The third-order valence-electron chi connectivity index (χ3n) is 5.68. The average Bonchev–Trinajstić information content (AvgIpc) is 3.02. The maximum absolute atomic E-state index is 5.30. The highest BCUT2D eigenvalue weighted by Gasteiger charge is 2.36. The molecule has 1 unspecified atom stereocenters. The second kappa shape index (κ2) is 9.50. The predicted molar refractivity (Wildman–Crippen MR) is 105 cm³/mol. The predicted octanol–water partition coefficient (Wildman–Crippen LogP) is 1.50. The lowest BCUT2D eigenvalue weighted by molar-refractivity contribution is 0.0778. The van der Waals surface area contributed by atoms with Crippen molar-refractivity contribution in [2.45, 2.75) is 64.6 Å². The number of guanidine groups is 1. The molecule has 1 aromatic rings. The Labute approximate surface area is 162 Å². The van der Waals surface area contributed by atoms with Gasteiger partial charge in [-0.1, -0.05) is 6.42 Å². The summed E-state index contributed by atoms with van der Waals surface area (Å²) in [4.78, 5) is 9.47. The number of ether oxygens (including phenoxy) is 2. The molecule has 3 rings (SSSR count). The first-order chi connectivity index (χ1) is 13.2. The molecule has 0 saturated heterocycles. The standard InChI is InChI=1S/C19H34N6O2/c1-4-20-18(21-14-19(8-5-9-19)10-11-26-2)22-15-6-7-17-23-16(13-27-3)24-25(17)12-15/h15H,4-14H2,1-3H3,(H2,20,21,22). The summed E-state index contributed by atoms with van der Waals surface area (Å²) < 4.78 is 12.4. The molecule has 0 amide bonds. The molecule has 2 N–H and O–H groups in total. The van der Waals surface area contributed by atoms with E-state index in [1.165, 1.54) is 19.3 Å². The summed E-state index contributed by atoms with van der Waals surface area (Å²) in [5.41, 5.74) is 0.332. The molecule has 2 heterocycles. The van der Waals surface area contributed by atoms with Gasteiger partial charge in [-0.2, -0.15) is 5.10 Å². The smallest absolute Gasteiger partial charge is 0.191 e. The third-order valence-corrected chi connectivity index (χ3v) is 5.68. The van der Waals surface area contributed by atoms with Crippen LogP contribution < -0.4 is 10.6 Å². The average molecular weight is 379 g/mol. The van der Waals surface area contributed by atoms with Gasteiger partial charge in [0.2, 0.25) is 0 Å². The van der Waals surface area contributed by atoms with E-state index in [4.69, 9.17) is 14.5 Å². The van der Waals surface area contributed by atoms with E-state index >= 15 is 0 Å². The molecule has 0 spiro atoms. The van der Waals surface area contributed by atoms with Gasteiger partial charge >= 0.3 is 0 Å². The maximum Gasteiger partial charge on any atom is 0.191 e. The van der Waals surface area contributed by atoms with Gasteiger partial charge in [-0.15, -0.1) is 0 Å². The molecule has 1 saturated carbocycles. The van der Waals surface area contributed by atoms with Crippen molar-refractivity contribution < 1.29 is 9.47 Å². The molecule has 1 aromatic heterocycles. The van der Waals surface area contributed by atoms with Gasteiger partial charge in [-0.3, -0.25) is 4.99 Å². The summed E-state index contributed by atoms with van der Waals surface area (Å²) in [5, 5.41) is 11.6. The Morgan fingerprint density at radius 1 is 1.33 bits per heavy atom. The molecule has 0 bridgehead atoms. The lowest BCUT2D eigenvalue weighted by Gasteiger charge is -2.41. The van der Waals surface area contributed by atoms with E-state index < -0.39 is 0 Å². The van der Waals surface area contributed by atoms with Crippen molar-refractivity contribution in [2.24, 2.45) is 10.4 Å². The summed E-state index contributed by atoms with van der Waals surface area (Å²) in [6, 6.07) is 0.309. The number of aryl methyl sites for hydroxylation is 1. The van der Waals surface area contributed by atoms with E-state index in [0.29, 0.717) is 18.1 Å². The van der Waals surface area contributed by atoms with Gasteiger partial charge in [-0.05, 0) is 38.0 Å². The van der Waals surface area contributed by atoms with Crippen LogP contribution in [-0.4, -0.2) is 60.7 Å². The SMILES string of the molecule is CCNC(=NCC1(CCOC)CCC1)NC1CCc2nc(COC)nn2C1. The fraction of sp³-hybridized carbons (Fsp3) is 0.842. The number of hydrogen-bond donors (Lipinski definition) is 2. The molecule has 152 valence electrons. The first kappa shape index (κ1) is 20.1. The lowest BCUT2D eigenvalue weighted by atomic mass is 9.67. The molecule has 27 heavy (non-hydrogen) atoms. The number of aliphatic imine (C=N–C) groups is 1. The zero-order chi connectivity index (χ0) is 19.1.